The number of aryl methyl sites for hydroxylation is 1. The van der Waals surface area contributed by atoms with Crippen LogP contribution in [0.2, 0.25) is 0 Å². The Balaban J connectivity index is 1.69. The molecule has 0 amide bonds. The van der Waals surface area contributed by atoms with Crippen LogP contribution in [-0.4, -0.2) is 10.5 Å². The van der Waals surface area contributed by atoms with Crippen LogP contribution in [0.15, 0.2) is 33.5 Å². The Morgan fingerprint density at radius 2 is 1.56 bits per heavy atom. The maximum Gasteiger partial charge on any atom is 0.419 e. The minimum absolute atomic E-state index is 0.161. The Bertz CT molecular complexity index is 1060. The van der Waals surface area contributed by atoms with Gasteiger partial charge in [0, 0.05) is 6.54 Å². The van der Waals surface area contributed by atoms with Crippen molar-refractivity contribution < 1.29 is 35.9 Å². The van der Waals surface area contributed by atoms with E-state index in [4.69, 9.17) is 4.42 Å². The number of carbonyl (C=O) groups is 1. The van der Waals surface area contributed by atoms with E-state index in [1.165, 1.54) is 0 Å². The van der Waals surface area contributed by atoms with E-state index in [9.17, 15) is 31.5 Å². The molecule has 0 saturated carbocycles. The molecular weight excluding hydrogens is 377 g/mol. The molecule has 1 aromatic heterocycles. The van der Waals surface area contributed by atoms with E-state index >= 15 is 0 Å². The highest BCUT2D eigenvalue weighted by Crippen LogP contribution is 2.23. The highest BCUT2D eigenvalue weighted by atomic mass is 19.2. The molecule has 0 aliphatic rings. The molecule has 142 valence electrons. The lowest BCUT2D eigenvalue weighted by Crippen LogP contribution is -2.18. The molecule has 0 unspecified atom stereocenters. The van der Waals surface area contributed by atoms with Gasteiger partial charge < -0.3 is 9.15 Å². The Labute approximate surface area is 147 Å². The molecule has 0 spiro atoms. The Morgan fingerprint density at radius 3 is 2.22 bits per heavy atom. The summed E-state index contributed by atoms with van der Waals surface area (Å²) in [4.78, 5) is 23.5. The number of benzene rings is 2. The standard InChI is InChI=1S/C17H10F5NO4/c18-12-8(13(19)15(21)16(22)14(12)20)7-26-11(24)5-6-23-9-3-1-2-4-10(9)27-17(23)25/h1-4H,5-7H2. The van der Waals surface area contributed by atoms with Gasteiger partial charge in [-0.05, 0) is 12.1 Å². The first kappa shape index (κ1) is 18.6. The minimum Gasteiger partial charge on any atom is -0.461 e. The van der Waals surface area contributed by atoms with Crippen LogP contribution in [0, 0.1) is 29.1 Å². The Hall–Kier alpha value is -3.17. The van der Waals surface area contributed by atoms with Gasteiger partial charge in [0.15, 0.2) is 28.9 Å². The van der Waals surface area contributed by atoms with Crippen molar-refractivity contribution in [3.8, 4) is 0 Å². The van der Waals surface area contributed by atoms with Gasteiger partial charge in [0.05, 0.1) is 17.5 Å². The summed E-state index contributed by atoms with van der Waals surface area (Å²) in [5.74, 6) is -12.4. The van der Waals surface area contributed by atoms with Crippen LogP contribution >= 0.6 is 0 Å². The lowest BCUT2D eigenvalue weighted by atomic mass is 10.2. The fraction of sp³-hybridized carbons (Fsp3) is 0.176. The zero-order valence-electron chi connectivity index (χ0n) is 13.4. The van der Waals surface area contributed by atoms with E-state index in [1.54, 1.807) is 24.3 Å². The molecule has 0 aliphatic carbocycles. The number of hydrogen-bond acceptors (Lipinski definition) is 4. The smallest absolute Gasteiger partial charge is 0.419 e. The van der Waals surface area contributed by atoms with E-state index in [-0.39, 0.29) is 6.54 Å². The lowest BCUT2D eigenvalue weighted by molar-refractivity contribution is -0.145. The molecule has 10 heteroatoms. The van der Waals surface area contributed by atoms with Crippen molar-refractivity contribution in [1.29, 1.82) is 0 Å². The van der Waals surface area contributed by atoms with Gasteiger partial charge in [-0.1, -0.05) is 12.1 Å². The minimum atomic E-state index is -2.30. The molecule has 3 aromatic rings. The molecule has 5 nitrogen and oxygen atoms in total. The van der Waals surface area contributed by atoms with Crippen LogP contribution in [0.5, 0.6) is 0 Å². The highest BCUT2D eigenvalue weighted by Gasteiger charge is 2.26. The van der Waals surface area contributed by atoms with Crippen molar-refractivity contribution >= 4 is 17.1 Å². The van der Waals surface area contributed by atoms with Crippen LogP contribution in [0.4, 0.5) is 22.0 Å². The van der Waals surface area contributed by atoms with Crippen LogP contribution in [0.1, 0.15) is 12.0 Å². The van der Waals surface area contributed by atoms with Crippen molar-refractivity contribution in [2.45, 2.75) is 19.6 Å². The third-order valence-electron chi connectivity index (χ3n) is 3.79. The summed E-state index contributed by atoms with van der Waals surface area (Å²) in [7, 11) is 0. The number of fused-ring (bicyclic) bond motifs is 1. The normalized spacial score (nSPS) is 11.1. The van der Waals surface area contributed by atoms with Gasteiger partial charge in [0.2, 0.25) is 5.82 Å². The fourth-order valence-electron chi connectivity index (χ4n) is 2.43. The average molecular weight is 387 g/mol. The van der Waals surface area contributed by atoms with Gasteiger partial charge in [-0.25, -0.2) is 26.7 Å². The van der Waals surface area contributed by atoms with Gasteiger partial charge in [0.25, 0.3) is 0 Å². The predicted octanol–water partition coefficient (Wildman–Crippen LogP) is 3.42. The summed E-state index contributed by atoms with van der Waals surface area (Å²) >= 11 is 0. The highest BCUT2D eigenvalue weighted by molar-refractivity contribution is 5.73. The molecule has 0 radical (unpaired) electrons. The zero-order chi connectivity index (χ0) is 19.7. The first-order valence-electron chi connectivity index (χ1n) is 7.55. The summed E-state index contributed by atoms with van der Waals surface area (Å²) in [5.41, 5.74) is -0.530. The topological polar surface area (TPSA) is 61.4 Å². The van der Waals surface area contributed by atoms with E-state index in [0.717, 1.165) is 4.57 Å². The molecule has 1 heterocycles. The second-order valence-corrected chi connectivity index (χ2v) is 5.45. The number of hydrogen-bond donors (Lipinski definition) is 0. The number of oxazole rings is 1. The SMILES string of the molecule is O=C(CCn1c(=O)oc2ccccc21)OCc1c(F)c(F)c(F)c(F)c1F. The van der Waals surface area contributed by atoms with Crippen LogP contribution in [0.25, 0.3) is 11.1 Å². The van der Waals surface area contributed by atoms with Crippen molar-refractivity contribution in [2.24, 2.45) is 0 Å². The van der Waals surface area contributed by atoms with Gasteiger partial charge in [-0.3, -0.25) is 9.36 Å². The maximum absolute atomic E-state index is 13.5. The molecule has 0 aliphatic heterocycles. The Kier molecular flexibility index (Phi) is 4.98. The number of esters is 1. The van der Waals surface area contributed by atoms with Crippen LogP contribution in [0.3, 0.4) is 0 Å². The first-order valence-corrected chi connectivity index (χ1v) is 7.55. The monoisotopic (exact) mass is 387 g/mol. The molecule has 0 atom stereocenters. The van der Waals surface area contributed by atoms with E-state index in [1.807, 2.05) is 0 Å². The fourth-order valence-corrected chi connectivity index (χ4v) is 2.43. The van der Waals surface area contributed by atoms with Gasteiger partial charge >= 0.3 is 11.7 Å². The zero-order valence-corrected chi connectivity index (χ0v) is 13.4. The number of ether oxygens (including phenoxy) is 1. The Morgan fingerprint density at radius 1 is 0.963 bits per heavy atom. The van der Waals surface area contributed by atoms with E-state index < -0.39 is 59.4 Å². The van der Waals surface area contributed by atoms with E-state index in [2.05, 4.69) is 4.74 Å². The number of rotatable bonds is 5. The molecule has 0 fully saturated rings. The van der Waals surface area contributed by atoms with Crippen molar-refractivity contribution in [3.05, 3.63) is 69.5 Å². The molecule has 0 bridgehead atoms. The quantitative estimate of drug-likeness (QED) is 0.291. The van der Waals surface area contributed by atoms with Crippen molar-refractivity contribution in [3.63, 3.8) is 0 Å². The lowest BCUT2D eigenvalue weighted by Gasteiger charge is -2.09. The largest absolute Gasteiger partial charge is 0.461 e. The maximum atomic E-state index is 13.5. The van der Waals surface area contributed by atoms with E-state index in [0.29, 0.717) is 11.1 Å². The molecule has 27 heavy (non-hydrogen) atoms. The summed E-state index contributed by atoms with van der Waals surface area (Å²) in [6, 6.07) is 6.43. The summed E-state index contributed by atoms with van der Waals surface area (Å²) < 4.78 is 76.9. The molecule has 3 rings (SSSR count). The summed E-state index contributed by atoms with van der Waals surface area (Å²) in [6.07, 6.45) is -0.390. The molecule has 0 N–H and O–H groups in total. The third-order valence-corrected chi connectivity index (χ3v) is 3.79. The number of halogens is 5. The second kappa shape index (κ2) is 7.22. The number of aromatic nitrogens is 1. The second-order valence-electron chi connectivity index (χ2n) is 5.45. The molecule has 2 aromatic carbocycles. The number of para-hydroxylation sites is 2. The van der Waals surface area contributed by atoms with Gasteiger partial charge in [-0.2, -0.15) is 0 Å². The van der Waals surface area contributed by atoms with Crippen molar-refractivity contribution in [2.75, 3.05) is 0 Å². The average Bonchev–Trinajstić information content (AvgIpc) is 2.98. The van der Waals surface area contributed by atoms with Crippen LogP contribution < -0.4 is 5.76 Å². The summed E-state index contributed by atoms with van der Waals surface area (Å²) in [6.45, 7) is -1.31. The third kappa shape index (κ3) is 3.42. The number of nitrogens with zero attached hydrogens (tertiary/aromatic N) is 1. The summed E-state index contributed by atoms with van der Waals surface area (Å²) in [5, 5.41) is 0. The number of carbonyl (C=O) groups excluding carboxylic acids is 1. The van der Waals surface area contributed by atoms with Gasteiger partial charge in [0.1, 0.15) is 6.61 Å². The first-order chi connectivity index (χ1) is 12.8. The predicted molar refractivity (Wildman–Crippen MR) is 81.1 cm³/mol. The molecule has 0 saturated heterocycles. The van der Waals surface area contributed by atoms with Crippen LogP contribution in [-0.2, 0) is 22.7 Å². The molecular formula is C17H10F5NO4. The van der Waals surface area contributed by atoms with Crippen molar-refractivity contribution in [1.82, 2.24) is 4.57 Å². The van der Waals surface area contributed by atoms with Gasteiger partial charge in [-0.15, -0.1) is 0 Å².